The van der Waals surface area contributed by atoms with Gasteiger partial charge in [0.2, 0.25) is 5.91 Å². The predicted molar refractivity (Wildman–Crippen MR) is 96.1 cm³/mol. The molecule has 3 aromatic rings. The van der Waals surface area contributed by atoms with Crippen molar-refractivity contribution >= 4 is 23.4 Å². The number of imidazole rings is 1. The summed E-state index contributed by atoms with van der Waals surface area (Å²) in [5.41, 5.74) is 2.67. The van der Waals surface area contributed by atoms with E-state index in [0.29, 0.717) is 5.69 Å². The van der Waals surface area contributed by atoms with Crippen LogP contribution in [0.5, 0.6) is 5.75 Å². The van der Waals surface area contributed by atoms with E-state index in [1.807, 2.05) is 48.1 Å². The van der Waals surface area contributed by atoms with Crippen LogP contribution in [0.2, 0.25) is 0 Å². The molecule has 0 unspecified atom stereocenters. The molecule has 0 atom stereocenters. The second kappa shape index (κ2) is 7.23. The average molecular weight is 339 g/mol. The molecule has 24 heavy (non-hydrogen) atoms. The summed E-state index contributed by atoms with van der Waals surface area (Å²) in [7, 11) is 1.94. The lowest BCUT2D eigenvalue weighted by atomic mass is 10.2. The zero-order chi connectivity index (χ0) is 16.9. The molecular weight excluding hydrogens is 322 g/mol. The molecule has 0 saturated heterocycles. The third kappa shape index (κ3) is 3.78. The van der Waals surface area contributed by atoms with Crippen LogP contribution in [-0.4, -0.2) is 26.3 Å². The average Bonchev–Trinajstić information content (AvgIpc) is 2.94. The maximum atomic E-state index is 12.0. The molecule has 1 amide bonds. The number of aromatic nitrogens is 2. The Balaban J connectivity index is 1.63. The van der Waals surface area contributed by atoms with Crippen LogP contribution in [0.4, 0.5) is 5.69 Å². The second-order valence-corrected chi connectivity index (χ2v) is 6.18. The van der Waals surface area contributed by atoms with Gasteiger partial charge in [-0.1, -0.05) is 48.2 Å². The summed E-state index contributed by atoms with van der Waals surface area (Å²) < 4.78 is 1.97. The van der Waals surface area contributed by atoms with Crippen molar-refractivity contribution in [2.75, 3.05) is 11.1 Å². The SMILES string of the molecule is Cn1c(-c2ccccc2)cnc1SCC(=O)Nc1cccc(O)c1. The molecule has 5 nitrogen and oxygen atoms in total. The number of phenolic OH excluding ortho intramolecular Hbond substituents is 1. The van der Waals surface area contributed by atoms with Gasteiger partial charge in [-0.05, 0) is 17.7 Å². The first-order valence-electron chi connectivity index (χ1n) is 7.42. The highest BCUT2D eigenvalue weighted by atomic mass is 32.2. The van der Waals surface area contributed by atoms with Gasteiger partial charge in [0.05, 0.1) is 17.6 Å². The quantitative estimate of drug-likeness (QED) is 0.698. The monoisotopic (exact) mass is 339 g/mol. The smallest absolute Gasteiger partial charge is 0.234 e. The van der Waals surface area contributed by atoms with Crippen LogP contribution >= 0.6 is 11.8 Å². The number of thioether (sulfide) groups is 1. The van der Waals surface area contributed by atoms with Gasteiger partial charge in [-0.15, -0.1) is 0 Å². The van der Waals surface area contributed by atoms with Crippen molar-refractivity contribution in [2.24, 2.45) is 7.05 Å². The number of amides is 1. The zero-order valence-corrected chi connectivity index (χ0v) is 14.0. The highest BCUT2D eigenvalue weighted by Gasteiger charge is 2.11. The van der Waals surface area contributed by atoms with E-state index in [0.717, 1.165) is 16.4 Å². The Labute approximate surface area is 144 Å². The van der Waals surface area contributed by atoms with Gasteiger partial charge in [0.25, 0.3) is 0 Å². The summed E-state index contributed by atoms with van der Waals surface area (Å²) in [6, 6.07) is 16.5. The van der Waals surface area contributed by atoms with Crippen molar-refractivity contribution in [3.05, 3.63) is 60.8 Å². The minimum absolute atomic E-state index is 0.122. The van der Waals surface area contributed by atoms with Gasteiger partial charge in [-0.2, -0.15) is 0 Å². The Morgan fingerprint density at radius 2 is 2.00 bits per heavy atom. The van der Waals surface area contributed by atoms with Crippen LogP contribution in [-0.2, 0) is 11.8 Å². The number of hydrogen-bond donors (Lipinski definition) is 2. The van der Waals surface area contributed by atoms with Gasteiger partial charge in [-0.25, -0.2) is 4.98 Å². The number of aromatic hydroxyl groups is 1. The lowest BCUT2D eigenvalue weighted by molar-refractivity contribution is -0.113. The normalized spacial score (nSPS) is 10.5. The largest absolute Gasteiger partial charge is 0.508 e. The van der Waals surface area contributed by atoms with Crippen LogP contribution in [0.3, 0.4) is 0 Å². The number of nitrogens with zero attached hydrogens (tertiary/aromatic N) is 2. The maximum absolute atomic E-state index is 12.0. The number of anilines is 1. The van der Waals surface area contributed by atoms with E-state index in [1.54, 1.807) is 18.2 Å². The summed E-state index contributed by atoms with van der Waals surface area (Å²) in [4.78, 5) is 16.4. The number of carbonyl (C=O) groups excluding carboxylic acids is 1. The molecule has 0 aliphatic heterocycles. The minimum atomic E-state index is -0.144. The summed E-state index contributed by atoms with van der Waals surface area (Å²) in [5, 5.41) is 12.9. The molecule has 1 heterocycles. The number of benzene rings is 2. The third-order valence-corrected chi connectivity index (χ3v) is 4.52. The molecule has 0 saturated carbocycles. The van der Waals surface area contributed by atoms with Gasteiger partial charge in [0.1, 0.15) is 5.75 Å². The third-order valence-electron chi connectivity index (χ3n) is 3.48. The molecule has 2 aromatic carbocycles. The molecule has 122 valence electrons. The molecule has 6 heteroatoms. The number of rotatable bonds is 5. The molecule has 0 fully saturated rings. The first-order valence-corrected chi connectivity index (χ1v) is 8.41. The molecule has 2 N–H and O–H groups in total. The maximum Gasteiger partial charge on any atom is 0.234 e. The van der Waals surface area contributed by atoms with Gasteiger partial charge < -0.3 is 15.0 Å². The second-order valence-electron chi connectivity index (χ2n) is 5.24. The van der Waals surface area contributed by atoms with Crippen LogP contribution in [0, 0.1) is 0 Å². The standard InChI is InChI=1S/C18H17N3O2S/c1-21-16(13-6-3-2-4-7-13)11-19-18(21)24-12-17(23)20-14-8-5-9-15(22)10-14/h2-11,22H,12H2,1H3,(H,20,23). The van der Waals surface area contributed by atoms with E-state index < -0.39 is 0 Å². The van der Waals surface area contributed by atoms with Crippen LogP contribution in [0.25, 0.3) is 11.3 Å². The molecule has 1 aromatic heterocycles. The van der Waals surface area contributed by atoms with Gasteiger partial charge >= 0.3 is 0 Å². The number of nitrogens with one attached hydrogen (secondary N) is 1. The van der Waals surface area contributed by atoms with E-state index >= 15 is 0 Å². The highest BCUT2D eigenvalue weighted by Crippen LogP contribution is 2.25. The molecule has 3 rings (SSSR count). The van der Waals surface area contributed by atoms with Crippen molar-refractivity contribution in [3.63, 3.8) is 0 Å². The molecular formula is C18H17N3O2S. The van der Waals surface area contributed by atoms with E-state index in [9.17, 15) is 9.90 Å². The van der Waals surface area contributed by atoms with Gasteiger partial charge in [0.15, 0.2) is 5.16 Å². The van der Waals surface area contributed by atoms with Gasteiger partial charge in [-0.3, -0.25) is 4.79 Å². The Morgan fingerprint density at radius 3 is 2.75 bits per heavy atom. The number of phenols is 1. The van der Waals surface area contributed by atoms with Crippen LogP contribution in [0.15, 0.2) is 66.0 Å². The van der Waals surface area contributed by atoms with Gasteiger partial charge in [0, 0.05) is 18.8 Å². The zero-order valence-electron chi connectivity index (χ0n) is 13.1. The molecule has 0 aliphatic carbocycles. The lowest BCUT2D eigenvalue weighted by Gasteiger charge is -2.07. The number of carbonyl (C=O) groups is 1. The van der Waals surface area contributed by atoms with Crippen molar-refractivity contribution in [1.29, 1.82) is 0 Å². The molecule has 0 radical (unpaired) electrons. The van der Waals surface area contributed by atoms with E-state index in [-0.39, 0.29) is 17.4 Å². The first kappa shape index (κ1) is 16.1. The van der Waals surface area contributed by atoms with E-state index in [1.165, 1.54) is 17.8 Å². The molecule has 0 bridgehead atoms. The van der Waals surface area contributed by atoms with Crippen molar-refractivity contribution in [2.45, 2.75) is 5.16 Å². The Bertz CT molecular complexity index is 846. The van der Waals surface area contributed by atoms with Crippen LogP contribution < -0.4 is 5.32 Å². The fourth-order valence-electron chi connectivity index (χ4n) is 2.31. The Hall–Kier alpha value is -2.73. The fourth-order valence-corrected chi connectivity index (χ4v) is 3.07. The Kier molecular flexibility index (Phi) is 4.86. The van der Waals surface area contributed by atoms with Crippen molar-refractivity contribution < 1.29 is 9.90 Å². The van der Waals surface area contributed by atoms with Crippen molar-refractivity contribution in [3.8, 4) is 17.0 Å². The van der Waals surface area contributed by atoms with E-state index in [2.05, 4.69) is 10.3 Å². The van der Waals surface area contributed by atoms with E-state index in [4.69, 9.17) is 0 Å². The lowest BCUT2D eigenvalue weighted by Crippen LogP contribution is -2.14. The van der Waals surface area contributed by atoms with Crippen molar-refractivity contribution in [1.82, 2.24) is 9.55 Å². The predicted octanol–water partition coefficient (Wildman–Crippen LogP) is 3.52. The van der Waals surface area contributed by atoms with Crippen LogP contribution in [0.1, 0.15) is 0 Å². The fraction of sp³-hybridized carbons (Fsp3) is 0.111. The summed E-state index contributed by atoms with van der Waals surface area (Å²) in [6.45, 7) is 0. The minimum Gasteiger partial charge on any atom is -0.508 e. The summed E-state index contributed by atoms with van der Waals surface area (Å²) in [6.07, 6.45) is 1.81. The summed E-state index contributed by atoms with van der Waals surface area (Å²) >= 11 is 1.37. The summed E-state index contributed by atoms with van der Waals surface area (Å²) in [5.74, 6) is 0.223. The number of hydrogen-bond acceptors (Lipinski definition) is 4. The molecule has 0 aliphatic rings. The first-order chi connectivity index (χ1) is 11.6. The Morgan fingerprint density at radius 1 is 1.21 bits per heavy atom. The topological polar surface area (TPSA) is 67.2 Å². The highest BCUT2D eigenvalue weighted by molar-refractivity contribution is 7.99. The molecule has 0 spiro atoms.